The van der Waals surface area contributed by atoms with Gasteiger partial charge in [0.15, 0.2) is 0 Å². The number of fused-ring (bicyclic) bond motifs is 1. The summed E-state index contributed by atoms with van der Waals surface area (Å²) >= 11 is 0. The highest BCUT2D eigenvalue weighted by Gasteiger charge is 2.23. The maximum Gasteiger partial charge on any atom is 0.257 e. The quantitative estimate of drug-likeness (QED) is 0.438. The molecule has 1 aliphatic heterocycles. The van der Waals surface area contributed by atoms with E-state index in [0.717, 1.165) is 30.0 Å². The molecule has 0 saturated heterocycles. The van der Waals surface area contributed by atoms with Crippen LogP contribution in [0.15, 0.2) is 79.0 Å². The molecule has 0 atom stereocenters. The van der Waals surface area contributed by atoms with Gasteiger partial charge in [-0.05, 0) is 48.5 Å². The predicted molar refractivity (Wildman–Crippen MR) is 119 cm³/mol. The zero-order valence-electron chi connectivity index (χ0n) is 16.4. The highest BCUT2D eigenvalue weighted by Crippen LogP contribution is 2.33. The average molecular weight is 384 g/mol. The van der Waals surface area contributed by atoms with Gasteiger partial charge in [-0.1, -0.05) is 42.5 Å². The monoisotopic (exact) mass is 384 g/mol. The molecule has 0 unspecified atom stereocenters. The van der Waals surface area contributed by atoms with Crippen LogP contribution in [-0.2, 0) is 17.9 Å². The van der Waals surface area contributed by atoms with Crippen LogP contribution in [0, 0.1) is 0 Å². The molecule has 3 aromatic rings. The van der Waals surface area contributed by atoms with E-state index in [2.05, 4.69) is 59.0 Å². The number of hydrogen-bond donors (Lipinski definition) is 3. The molecule has 146 valence electrons. The van der Waals surface area contributed by atoms with Crippen molar-refractivity contribution in [2.45, 2.75) is 13.1 Å². The summed E-state index contributed by atoms with van der Waals surface area (Å²) < 4.78 is 0. The first-order valence-corrected chi connectivity index (χ1v) is 9.58. The summed E-state index contributed by atoms with van der Waals surface area (Å²) in [6.07, 6.45) is 1.73. The molecular weight excluding hydrogens is 360 g/mol. The van der Waals surface area contributed by atoms with E-state index in [1.54, 1.807) is 12.3 Å². The van der Waals surface area contributed by atoms with E-state index in [4.69, 9.17) is 5.73 Å². The zero-order valence-corrected chi connectivity index (χ0v) is 16.4. The zero-order chi connectivity index (χ0) is 20.2. The number of carbonyl (C=O) groups is 1. The van der Waals surface area contributed by atoms with E-state index in [0.29, 0.717) is 11.3 Å². The molecule has 3 aromatic carbocycles. The average Bonchev–Trinajstić information content (AvgIpc) is 3.02. The van der Waals surface area contributed by atoms with Crippen molar-refractivity contribution in [3.05, 3.63) is 95.7 Å². The topological polar surface area (TPSA) is 70.4 Å². The van der Waals surface area contributed by atoms with Gasteiger partial charge in [-0.15, -0.1) is 0 Å². The first-order chi connectivity index (χ1) is 14.1. The lowest BCUT2D eigenvalue weighted by atomic mass is 10.1. The van der Waals surface area contributed by atoms with Crippen molar-refractivity contribution in [3.8, 4) is 0 Å². The van der Waals surface area contributed by atoms with E-state index >= 15 is 0 Å². The normalized spacial score (nSPS) is 14.1. The number of hydrogen-bond acceptors (Lipinski definition) is 4. The number of anilines is 3. The molecule has 0 bridgehead atoms. The lowest BCUT2D eigenvalue weighted by Gasteiger charge is -2.17. The fraction of sp³-hybridized carbons (Fsp3) is 0.125. The van der Waals surface area contributed by atoms with E-state index in [1.807, 2.05) is 30.3 Å². The second-order valence-electron chi connectivity index (χ2n) is 7.32. The molecule has 4 rings (SSSR count). The maximum atomic E-state index is 12.2. The summed E-state index contributed by atoms with van der Waals surface area (Å²) in [5, 5.41) is 6.07. The molecular formula is C24H24N4O. The van der Waals surface area contributed by atoms with Gasteiger partial charge in [0.05, 0.1) is 5.57 Å². The van der Waals surface area contributed by atoms with Crippen molar-refractivity contribution in [3.63, 3.8) is 0 Å². The minimum Gasteiger partial charge on any atom is -0.399 e. The number of nitrogen functional groups attached to an aromatic ring is 1. The number of nitrogens with one attached hydrogen (secondary N) is 2. The highest BCUT2D eigenvalue weighted by atomic mass is 16.2. The molecule has 0 fully saturated rings. The third kappa shape index (κ3) is 4.47. The summed E-state index contributed by atoms with van der Waals surface area (Å²) in [5.41, 5.74) is 12.1. The van der Waals surface area contributed by atoms with Crippen LogP contribution in [0.3, 0.4) is 0 Å². The molecule has 5 nitrogen and oxygen atoms in total. The number of rotatable bonds is 6. The Morgan fingerprint density at radius 1 is 0.966 bits per heavy atom. The third-order valence-electron chi connectivity index (χ3n) is 4.91. The fourth-order valence-electron chi connectivity index (χ4n) is 3.47. The summed E-state index contributed by atoms with van der Waals surface area (Å²) in [7, 11) is 2.12. The summed E-state index contributed by atoms with van der Waals surface area (Å²) in [4.78, 5) is 14.5. The van der Waals surface area contributed by atoms with E-state index < -0.39 is 0 Å². The molecule has 0 radical (unpaired) electrons. The lowest BCUT2D eigenvalue weighted by Crippen LogP contribution is -2.17. The molecule has 4 N–H and O–H groups in total. The highest BCUT2D eigenvalue weighted by molar-refractivity contribution is 6.31. The molecule has 0 saturated carbocycles. The Labute approximate surface area is 170 Å². The fourth-order valence-corrected chi connectivity index (χ4v) is 3.47. The molecule has 1 aliphatic rings. The largest absolute Gasteiger partial charge is 0.399 e. The van der Waals surface area contributed by atoms with Crippen molar-refractivity contribution in [1.82, 2.24) is 4.90 Å². The Balaban J connectivity index is 1.39. The van der Waals surface area contributed by atoms with Gasteiger partial charge in [0.25, 0.3) is 5.91 Å². The first-order valence-electron chi connectivity index (χ1n) is 9.58. The minimum atomic E-state index is -0.128. The Morgan fingerprint density at radius 2 is 1.66 bits per heavy atom. The standard InChI is InChI=1S/C24H24N4O/c1-28(15-17-5-3-2-4-6-17)16-18-7-10-20(11-8-18)26-14-22-21-13-19(25)9-12-23(21)27-24(22)29/h2-14,26H,15-16,25H2,1H3,(H,27,29)/b22-14-. The molecule has 0 aliphatic carbocycles. The Kier molecular flexibility index (Phi) is 5.31. The predicted octanol–water partition coefficient (Wildman–Crippen LogP) is 4.31. The Bertz CT molecular complexity index is 1040. The molecule has 1 heterocycles. The Morgan fingerprint density at radius 3 is 2.38 bits per heavy atom. The summed E-state index contributed by atoms with van der Waals surface area (Å²) in [5.74, 6) is -0.128. The number of carbonyl (C=O) groups excluding carboxylic acids is 1. The van der Waals surface area contributed by atoms with E-state index in [-0.39, 0.29) is 5.91 Å². The van der Waals surface area contributed by atoms with Crippen LogP contribution < -0.4 is 16.4 Å². The van der Waals surface area contributed by atoms with Crippen molar-refractivity contribution in [2.24, 2.45) is 0 Å². The van der Waals surface area contributed by atoms with Gasteiger partial charge in [0, 0.05) is 41.9 Å². The van der Waals surface area contributed by atoms with Crippen LogP contribution in [0.25, 0.3) is 5.57 Å². The van der Waals surface area contributed by atoms with Crippen LogP contribution >= 0.6 is 0 Å². The van der Waals surface area contributed by atoms with Gasteiger partial charge in [-0.3, -0.25) is 9.69 Å². The van der Waals surface area contributed by atoms with Gasteiger partial charge < -0.3 is 16.4 Å². The second-order valence-corrected chi connectivity index (χ2v) is 7.32. The van der Waals surface area contributed by atoms with Crippen LogP contribution in [0.2, 0.25) is 0 Å². The smallest absolute Gasteiger partial charge is 0.257 e. The number of nitrogens with two attached hydrogens (primary N) is 1. The summed E-state index contributed by atoms with van der Waals surface area (Å²) in [6, 6.07) is 24.1. The molecule has 0 spiro atoms. The van der Waals surface area contributed by atoms with Crippen LogP contribution in [0.5, 0.6) is 0 Å². The molecule has 0 aromatic heterocycles. The maximum absolute atomic E-state index is 12.2. The number of amides is 1. The molecule has 1 amide bonds. The van der Waals surface area contributed by atoms with Gasteiger partial charge in [-0.25, -0.2) is 0 Å². The first kappa shape index (κ1) is 18.8. The van der Waals surface area contributed by atoms with Crippen molar-refractivity contribution in [1.29, 1.82) is 0 Å². The van der Waals surface area contributed by atoms with Crippen LogP contribution in [0.1, 0.15) is 16.7 Å². The van der Waals surface area contributed by atoms with Crippen molar-refractivity contribution in [2.75, 3.05) is 23.4 Å². The van der Waals surface area contributed by atoms with Gasteiger partial charge in [0.1, 0.15) is 0 Å². The van der Waals surface area contributed by atoms with Gasteiger partial charge >= 0.3 is 0 Å². The van der Waals surface area contributed by atoms with Gasteiger partial charge in [0.2, 0.25) is 0 Å². The SMILES string of the molecule is CN(Cc1ccccc1)Cc1ccc(N/C=C2\C(=O)Nc3ccc(N)cc32)cc1. The van der Waals surface area contributed by atoms with E-state index in [1.165, 1.54) is 11.1 Å². The second kappa shape index (κ2) is 8.20. The van der Waals surface area contributed by atoms with Gasteiger partial charge in [-0.2, -0.15) is 0 Å². The van der Waals surface area contributed by atoms with Crippen LogP contribution in [0.4, 0.5) is 17.1 Å². The number of benzene rings is 3. The summed E-state index contributed by atoms with van der Waals surface area (Å²) in [6.45, 7) is 1.77. The Hall–Kier alpha value is -3.57. The number of nitrogens with zero attached hydrogens (tertiary/aromatic N) is 1. The lowest BCUT2D eigenvalue weighted by molar-refractivity contribution is -0.110. The third-order valence-corrected chi connectivity index (χ3v) is 4.91. The van der Waals surface area contributed by atoms with Crippen molar-refractivity contribution >= 4 is 28.5 Å². The molecule has 5 heteroatoms. The van der Waals surface area contributed by atoms with Crippen molar-refractivity contribution < 1.29 is 4.79 Å². The molecule has 29 heavy (non-hydrogen) atoms. The minimum absolute atomic E-state index is 0.128. The van der Waals surface area contributed by atoms with Crippen LogP contribution in [-0.4, -0.2) is 17.9 Å². The van der Waals surface area contributed by atoms with E-state index in [9.17, 15) is 4.79 Å².